The molecule has 0 spiro atoms. The molecule has 0 amide bonds. The van der Waals surface area contributed by atoms with Crippen LogP contribution < -0.4 is 0 Å². The Hall–Kier alpha value is -0.273. The van der Waals surface area contributed by atoms with Crippen LogP contribution in [0.2, 0.25) is 6.04 Å². The summed E-state index contributed by atoms with van der Waals surface area (Å²) >= 11 is 6.75. The summed E-state index contributed by atoms with van der Waals surface area (Å²) < 4.78 is 0. The molecule has 1 aromatic carbocycles. The van der Waals surface area contributed by atoms with Crippen LogP contribution in [0.3, 0.4) is 0 Å². The number of hydrogen-bond acceptors (Lipinski definition) is 0. The molecule has 1 unspecified atom stereocenters. The van der Waals surface area contributed by atoms with Gasteiger partial charge in [-0.15, -0.1) is 0 Å². The molecule has 0 heterocycles. The average Bonchev–Trinajstić information content (AvgIpc) is 2.26. The molecule has 0 nitrogen and oxygen atoms in total. The fraction of sp³-hybridized carbons (Fsp3) is 0.600. The topological polar surface area (TPSA) is 0 Å². The van der Waals surface area contributed by atoms with E-state index in [-0.39, 0.29) is 5.04 Å². The van der Waals surface area contributed by atoms with Crippen LogP contribution in [0.25, 0.3) is 0 Å². The molecule has 1 rings (SSSR count). The van der Waals surface area contributed by atoms with Crippen LogP contribution in [-0.4, -0.2) is 8.11 Å². The smallest absolute Gasteiger partial charge is 0.150 e. The van der Waals surface area contributed by atoms with E-state index in [1.807, 2.05) is 0 Å². The lowest BCUT2D eigenvalue weighted by atomic mass is 9.94. The van der Waals surface area contributed by atoms with Gasteiger partial charge >= 0.3 is 0 Å². The minimum atomic E-state index is -1.27. The highest BCUT2D eigenvalue weighted by Gasteiger charge is 2.32. The summed E-state index contributed by atoms with van der Waals surface area (Å²) in [6.07, 6.45) is 1.23. The zero-order valence-electron chi connectivity index (χ0n) is 11.8. The van der Waals surface area contributed by atoms with Gasteiger partial charge in [-0.1, -0.05) is 65.0 Å². The van der Waals surface area contributed by atoms with E-state index >= 15 is 0 Å². The van der Waals surface area contributed by atoms with Crippen molar-refractivity contribution >= 4 is 19.2 Å². The highest BCUT2D eigenvalue weighted by Crippen LogP contribution is 2.33. The Kier molecular flexibility index (Phi) is 4.85. The van der Waals surface area contributed by atoms with E-state index in [1.165, 1.54) is 18.0 Å². The van der Waals surface area contributed by atoms with Crippen molar-refractivity contribution in [2.75, 3.05) is 0 Å². The van der Waals surface area contributed by atoms with E-state index in [0.717, 1.165) is 0 Å². The lowest BCUT2D eigenvalue weighted by Crippen LogP contribution is -2.34. The van der Waals surface area contributed by atoms with Crippen LogP contribution in [0.4, 0.5) is 0 Å². The molecule has 0 bridgehead atoms. The first kappa shape index (κ1) is 14.8. The van der Waals surface area contributed by atoms with Gasteiger partial charge < -0.3 is 0 Å². The molecule has 0 fully saturated rings. The van der Waals surface area contributed by atoms with Crippen molar-refractivity contribution in [2.24, 2.45) is 5.41 Å². The molecule has 0 radical (unpaired) electrons. The maximum absolute atomic E-state index is 6.75. The number of halogens is 1. The van der Waals surface area contributed by atoms with Crippen LogP contribution in [0.1, 0.15) is 46.6 Å². The first-order valence-electron chi connectivity index (χ1n) is 6.43. The second-order valence-electron chi connectivity index (χ2n) is 6.65. The fourth-order valence-corrected chi connectivity index (χ4v) is 5.07. The molecule has 96 valence electrons. The summed E-state index contributed by atoms with van der Waals surface area (Å²) in [7, 11) is -1.27. The highest BCUT2D eigenvalue weighted by atomic mass is 35.6. The van der Waals surface area contributed by atoms with Crippen molar-refractivity contribution < 1.29 is 0 Å². The van der Waals surface area contributed by atoms with Gasteiger partial charge in [0.2, 0.25) is 0 Å². The van der Waals surface area contributed by atoms with Gasteiger partial charge in [0.1, 0.15) is 0 Å². The van der Waals surface area contributed by atoms with Crippen molar-refractivity contribution in [1.29, 1.82) is 0 Å². The zero-order valence-corrected chi connectivity index (χ0v) is 13.7. The predicted octanol–water partition coefficient (Wildman–Crippen LogP) is 4.90. The minimum absolute atomic E-state index is 0.175. The van der Waals surface area contributed by atoms with E-state index in [0.29, 0.717) is 5.41 Å². The standard InChI is InChI=1S/C15H25ClSi/c1-14(2,3)11-12-17(16)15(4,5)13-9-7-6-8-10-13/h6-10,17H,11-12H2,1-5H3. The molecule has 0 aliphatic heterocycles. The van der Waals surface area contributed by atoms with Crippen LogP contribution >= 0.6 is 11.1 Å². The lowest BCUT2D eigenvalue weighted by Gasteiger charge is -2.31. The third kappa shape index (κ3) is 4.48. The van der Waals surface area contributed by atoms with E-state index in [4.69, 9.17) is 11.1 Å². The zero-order chi connectivity index (χ0) is 13.1. The molecular formula is C15H25ClSi. The Bertz CT molecular complexity index is 338. The Morgan fingerprint density at radius 3 is 2.00 bits per heavy atom. The minimum Gasteiger partial charge on any atom is -0.171 e. The van der Waals surface area contributed by atoms with Gasteiger partial charge in [0.15, 0.2) is 8.11 Å². The molecule has 0 aromatic heterocycles. The molecule has 0 N–H and O–H groups in total. The van der Waals surface area contributed by atoms with Crippen molar-refractivity contribution in [3.05, 3.63) is 35.9 Å². The maximum atomic E-state index is 6.75. The van der Waals surface area contributed by atoms with Gasteiger partial charge in [-0.3, -0.25) is 0 Å². The van der Waals surface area contributed by atoms with Gasteiger partial charge in [0, 0.05) is 0 Å². The van der Waals surface area contributed by atoms with E-state index in [9.17, 15) is 0 Å². The quantitative estimate of drug-likeness (QED) is 0.538. The summed E-state index contributed by atoms with van der Waals surface area (Å²) in [6.45, 7) is 11.5. The second kappa shape index (κ2) is 5.58. The maximum Gasteiger partial charge on any atom is 0.150 e. The van der Waals surface area contributed by atoms with Crippen LogP contribution in [-0.2, 0) is 5.04 Å². The number of rotatable bonds is 4. The Morgan fingerprint density at radius 2 is 1.53 bits per heavy atom. The molecule has 0 aliphatic carbocycles. The highest BCUT2D eigenvalue weighted by molar-refractivity contribution is 7.08. The molecule has 17 heavy (non-hydrogen) atoms. The largest absolute Gasteiger partial charge is 0.171 e. The third-order valence-corrected chi connectivity index (χ3v) is 8.44. The summed E-state index contributed by atoms with van der Waals surface area (Å²) in [5.74, 6) is 0. The van der Waals surface area contributed by atoms with E-state index < -0.39 is 8.11 Å². The normalized spacial score (nSPS) is 14.7. The van der Waals surface area contributed by atoms with Crippen LogP contribution in [0.5, 0.6) is 0 Å². The Balaban J connectivity index is 2.71. The van der Waals surface area contributed by atoms with E-state index in [2.05, 4.69) is 65.0 Å². The lowest BCUT2D eigenvalue weighted by molar-refractivity contribution is 0.395. The molecule has 2 heteroatoms. The Labute approximate surface area is 113 Å². The molecule has 0 aliphatic rings. The van der Waals surface area contributed by atoms with Gasteiger partial charge in [-0.05, 0) is 28.5 Å². The summed E-state index contributed by atoms with van der Waals surface area (Å²) in [4.78, 5) is 0. The Morgan fingerprint density at radius 1 is 1.00 bits per heavy atom. The SMILES string of the molecule is CC(C)(C)CC[SiH](Cl)C(C)(C)c1ccccc1. The summed E-state index contributed by atoms with van der Waals surface area (Å²) in [6, 6.07) is 11.9. The van der Waals surface area contributed by atoms with Crippen LogP contribution in [0.15, 0.2) is 30.3 Å². The molecule has 0 saturated carbocycles. The second-order valence-corrected chi connectivity index (χ2v) is 11.2. The predicted molar refractivity (Wildman–Crippen MR) is 81.3 cm³/mol. The van der Waals surface area contributed by atoms with Crippen molar-refractivity contribution in [1.82, 2.24) is 0 Å². The van der Waals surface area contributed by atoms with Gasteiger partial charge in [0.25, 0.3) is 0 Å². The van der Waals surface area contributed by atoms with Gasteiger partial charge in [-0.2, -0.15) is 11.1 Å². The first-order chi connectivity index (χ1) is 7.73. The fourth-order valence-electron chi connectivity index (χ4n) is 1.97. The van der Waals surface area contributed by atoms with Gasteiger partial charge in [-0.25, -0.2) is 0 Å². The molecular weight excluding hydrogens is 244 g/mol. The summed E-state index contributed by atoms with van der Waals surface area (Å²) in [5, 5.41) is 0.175. The van der Waals surface area contributed by atoms with Crippen molar-refractivity contribution in [2.45, 2.75) is 52.1 Å². The molecule has 1 aromatic rings. The average molecular weight is 269 g/mol. The molecule has 1 atom stereocenters. The third-order valence-electron chi connectivity index (χ3n) is 3.45. The first-order valence-corrected chi connectivity index (χ1v) is 9.57. The van der Waals surface area contributed by atoms with Crippen molar-refractivity contribution in [3.63, 3.8) is 0 Å². The van der Waals surface area contributed by atoms with Crippen LogP contribution in [0, 0.1) is 5.41 Å². The van der Waals surface area contributed by atoms with Gasteiger partial charge in [0.05, 0.1) is 0 Å². The number of hydrogen-bond donors (Lipinski definition) is 0. The monoisotopic (exact) mass is 268 g/mol. The summed E-state index contributed by atoms with van der Waals surface area (Å²) in [5.41, 5.74) is 1.79. The number of benzene rings is 1. The molecule has 0 saturated heterocycles. The van der Waals surface area contributed by atoms with Crippen molar-refractivity contribution in [3.8, 4) is 0 Å². The van der Waals surface area contributed by atoms with E-state index in [1.54, 1.807) is 0 Å².